The lowest BCUT2D eigenvalue weighted by Gasteiger charge is -2.36. The van der Waals surface area contributed by atoms with Gasteiger partial charge in [0.1, 0.15) is 12.1 Å². The molecule has 1 aliphatic rings. The Morgan fingerprint density at radius 3 is 2.63 bits per heavy atom. The van der Waals surface area contributed by atoms with Crippen LogP contribution >= 0.6 is 11.3 Å². The van der Waals surface area contributed by atoms with Crippen LogP contribution in [0.5, 0.6) is 0 Å². The first-order valence-electron chi connectivity index (χ1n) is 15.5. The number of nitrogens with zero attached hydrogens (tertiary/aromatic N) is 6. The number of thiophene rings is 1. The summed E-state index contributed by atoms with van der Waals surface area (Å²) in [7, 11) is 0. The van der Waals surface area contributed by atoms with E-state index in [0.29, 0.717) is 57.0 Å². The van der Waals surface area contributed by atoms with Gasteiger partial charge in [-0.1, -0.05) is 26.0 Å². The normalized spacial score (nSPS) is 16.7. The lowest BCUT2D eigenvalue weighted by molar-refractivity contribution is 0.102. The van der Waals surface area contributed by atoms with Gasteiger partial charge in [-0.25, -0.2) is 14.4 Å². The fraction of sp³-hybridized carbons (Fsp3) is 0.286. The molecule has 0 radical (unpaired) electrons. The minimum absolute atomic E-state index is 0.272. The second-order valence-electron chi connectivity index (χ2n) is 12.4. The second-order valence-corrected chi connectivity index (χ2v) is 13.2. The van der Waals surface area contributed by atoms with Crippen LogP contribution in [0.3, 0.4) is 0 Å². The average Bonchev–Trinajstić information content (AvgIpc) is 3.59. The second kappa shape index (κ2) is 12.1. The Morgan fingerprint density at radius 2 is 1.85 bits per heavy atom. The highest BCUT2D eigenvalue weighted by Gasteiger charge is 2.24. The van der Waals surface area contributed by atoms with Crippen molar-refractivity contribution >= 4 is 61.2 Å². The summed E-state index contributed by atoms with van der Waals surface area (Å²) < 4.78 is 17.9. The van der Waals surface area contributed by atoms with Crippen molar-refractivity contribution in [2.75, 3.05) is 28.6 Å². The maximum atomic E-state index is 15.3. The summed E-state index contributed by atoms with van der Waals surface area (Å²) in [5, 5.41) is 13.8. The molecule has 1 aliphatic heterocycles. The number of hydrogen-bond donors (Lipinski definition) is 2. The fourth-order valence-corrected chi connectivity index (χ4v) is 7.56. The molecule has 5 heterocycles. The number of nitrogens with one attached hydrogen (secondary N) is 2. The summed E-state index contributed by atoms with van der Waals surface area (Å²) in [4.78, 5) is 29.3. The van der Waals surface area contributed by atoms with E-state index in [2.05, 4.69) is 44.3 Å². The third kappa shape index (κ3) is 5.78. The number of halogens is 1. The number of fused-ring (bicyclic) bond motifs is 2. The minimum Gasteiger partial charge on any atom is -0.369 e. The number of aryl methyl sites for hydroxylation is 2. The van der Waals surface area contributed by atoms with Crippen LogP contribution in [0.25, 0.3) is 21.1 Å². The standard InChI is InChI=1S/C35H35FN8OS/c1-20-13-21(2)16-43(15-20)29-12-11-24(14-27(29)36)40-34-33-32(37-19-38-34)26(18-46-33)35(45)41-28-9-6-10-30-31(28)23(4)42-44(30)17-25-8-5-7-22(3)39-25/h5-12,14,18-21H,13,15-17H2,1-4H3,(H,41,45)(H,37,38,40). The zero-order valence-corrected chi connectivity index (χ0v) is 27.0. The number of hydrogen-bond acceptors (Lipinski definition) is 8. The molecule has 2 unspecified atom stereocenters. The van der Waals surface area contributed by atoms with Crippen molar-refractivity contribution in [2.24, 2.45) is 11.8 Å². The van der Waals surface area contributed by atoms with Gasteiger partial charge in [-0.3, -0.25) is 14.5 Å². The summed E-state index contributed by atoms with van der Waals surface area (Å²) in [5.74, 6) is 1.01. The Balaban J connectivity index is 1.12. The van der Waals surface area contributed by atoms with E-state index < -0.39 is 0 Å². The first-order valence-corrected chi connectivity index (χ1v) is 16.3. The molecule has 0 bridgehead atoms. The van der Waals surface area contributed by atoms with Gasteiger partial charge in [0.2, 0.25) is 0 Å². The largest absolute Gasteiger partial charge is 0.369 e. The SMILES string of the molecule is Cc1cccc(Cn2nc(C)c3c(NC(=O)c4csc5c(Nc6ccc(N7CC(C)CC(C)C7)c(F)c6)ncnc45)cccc32)n1. The number of carbonyl (C=O) groups is 1. The topological polar surface area (TPSA) is 101 Å². The molecule has 11 heteroatoms. The number of anilines is 4. The highest BCUT2D eigenvalue weighted by molar-refractivity contribution is 7.18. The molecule has 1 amide bonds. The predicted octanol–water partition coefficient (Wildman–Crippen LogP) is 7.72. The molecule has 2 N–H and O–H groups in total. The number of aromatic nitrogens is 5. The Hall–Kier alpha value is -4.90. The zero-order chi connectivity index (χ0) is 31.9. The molecule has 1 fully saturated rings. The van der Waals surface area contributed by atoms with Crippen LogP contribution < -0.4 is 15.5 Å². The molecule has 0 saturated carbocycles. The van der Waals surface area contributed by atoms with Gasteiger partial charge in [-0.2, -0.15) is 5.10 Å². The van der Waals surface area contributed by atoms with E-state index in [9.17, 15) is 4.79 Å². The molecule has 4 aromatic heterocycles. The molecule has 234 valence electrons. The Labute approximate surface area is 270 Å². The summed E-state index contributed by atoms with van der Waals surface area (Å²) in [5.41, 5.74) is 6.42. The van der Waals surface area contributed by atoms with Crippen LogP contribution in [0.2, 0.25) is 0 Å². The molecule has 2 atom stereocenters. The van der Waals surface area contributed by atoms with Crippen LogP contribution in [0.4, 0.5) is 27.3 Å². The summed E-state index contributed by atoms with van der Waals surface area (Å²) in [6.07, 6.45) is 2.58. The van der Waals surface area contributed by atoms with Gasteiger partial charge in [0, 0.05) is 35.2 Å². The lowest BCUT2D eigenvalue weighted by atomic mass is 9.91. The highest BCUT2D eigenvalue weighted by atomic mass is 32.1. The summed E-state index contributed by atoms with van der Waals surface area (Å²) in [6, 6.07) is 16.9. The molecule has 0 spiro atoms. The third-order valence-corrected chi connectivity index (χ3v) is 9.45. The van der Waals surface area contributed by atoms with Crippen molar-refractivity contribution in [1.29, 1.82) is 0 Å². The lowest BCUT2D eigenvalue weighted by Crippen LogP contribution is -2.39. The Bertz CT molecular complexity index is 2080. The number of carbonyl (C=O) groups excluding carboxylic acids is 1. The molecule has 0 aliphatic carbocycles. The summed E-state index contributed by atoms with van der Waals surface area (Å²) in [6.45, 7) is 10.6. The number of pyridine rings is 1. The van der Waals surface area contributed by atoms with E-state index in [0.717, 1.165) is 47.5 Å². The van der Waals surface area contributed by atoms with E-state index in [1.807, 2.05) is 67.1 Å². The van der Waals surface area contributed by atoms with Gasteiger partial charge in [0.15, 0.2) is 5.82 Å². The van der Waals surface area contributed by atoms with Crippen molar-refractivity contribution in [3.8, 4) is 0 Å². The molecule has 1 saturated heterocycles. The van der Waals surface area contributed by atoms with Gasteiger partial charge in [0.05, 0.1) is 50.6 Å². The monoisotopic (exact) mass is 634 g/mol. The molecule has 2 aromatic carbocycles. The van der Waals surface area contributed by atoms with Crippen LogP contribution in [0.15, 0.2) is 66.3 Å². The molecule has 6 aromatic rings. The van der Waals surface area contributed by atoms with E-state index in [4.69, 9.17) is 5.10 Å². The number of rotatable bonds is 7. The van der Waals surface area contributed by atoms with E-state index in [-0.39, 0.29) is 11.7 Å². The first kappa shape index (κ1) is 29.8. The number of amides is 1. The van der Waals surface area contributed by atoms with Crippen molar-refractivity contribution < 1.29 is 9.18 Å². The van der Waals surface area contributed by atoms with Crippen LogP contribution in [0.1, 0.15) is 47.7 Å². The van der Waals surface area contributed by atoms with Gasteiger partial charge in [-0.05, 0) is 74.6 Å². The Kier molecular flexibility index (Phi) is 7.85. The maximum absolute atomic E-state index is 15.3. The van der Waals surface area contributed by atoms with Crippen molar-refractivity contribution in [1.82, 2.24) is 24.7 Å². The average molecular weight is 635 g/mol. The van der Waals surface area contributed by atoms with Gasteiger partial charge >= 0.3 is 0 Å². The molecule has 9 nitrogen and oxygen atoms in total. The molecule has 46 heavy (non-hydrogen) atoms. The van der Waals surface area contributed by atoms with E-state index in [1.165, 1.54) is 23.7 Å². The van der Waals surface area contributed by atoms with Crippen molar-refractivity contribution in [2.45, 2.75) is 40.7 Å². The van der Waals surface area contributed by atoms with Gasteiger partial charge in [0.25, 0.3) is 5.91 Å². The quantitative estimate of drug-likeness (QED) is 0.185. The molecular weight excluding hydrogens is 600 g/mol. The fourth-order valence-electron chi connectivity index (χ4n) is 6.61. The first-order chi connectivity index (χ1) is 22.2. The van der Waals surface area contributed by atoms with Crippen molar-refractivity contribution in [3.63, 3.8) is 0 Å². The van der Waals surface area contributed by atoms with Gasteiger partial charge < -0.3 is 15.5 Å². The number of benzene rings is 2. The minimum atomic E-state index is -0.281. The Morgan fingerprint density at radius 1 is 1.04 bits per heavy atom. The van der Waals surface area contributed by atoms with Crippen LogP contribution in [-0.4, -0.2) is 43.7 Å². The summed E-state index contributed by atoms with van der Waals surface area (Å²) >= 11 is 1.37. The number of piperidine rings is 1. The molecule has 7 rings (SSSR count). The maximum Gasteiger partial charge on any atom is 0.258 e. The highest BCUT2D eigenvalue weighted by Crippen LogP contribution is 2.35. The van der Waals surface area contributed by atoms with E-state index >= 15 is 4.39 Å². The third-order valence-electron chi connectivity index (χ3n) is 8.48. The van der Waals surface area contributed by atoms with Crippen LogP contribution in [0, 0.1) is 31.5 Å². The van der Waals surface area contributed by atoms with Crippen molar-refractivity contribution in [3.05, 3.63) is 94.8 Å². The van der Waals surface area contributed by atoms with Gasteiger partial charge in [-0.15, -0.1) is 11.3 Å². The smallest absolute Gasteiger partial charge is 0.258 e. The predicted molar refractivity (Wildman–Crippen MR) is 183 cm³/mol. The van der Waals surface area contributed by atoms with Crippen LogP contribution in [-0.2, 0) is 6.54 Å². The van der Waals surface area contributed by atoms with E-state index in [1.54, 1.807) is 5.38 Å². The molecular formula is C35H35FN8OS. The zero-order valence-electron chi connectivity index (χ0n) is 26.2.